The summed E-state index contributed by atoms with van der Waals surface area (Å²) in [5.74, 6) is -2.25. The second kappa shape index (κ2) is 6.10. The molecule has 0 atom stereocenters. The maximum atomic E-state index is 13.4. The molecule has 1 aliphatic rings. The van der Waals surface area contributed by atoms with Crippen molar-refractivity contribution in [2.45, 2.75) is 0 Å². The molecule has 7 heteroatoms. The quantitative estimate of drug-likeness (QED) is 0.639. The highest BCUT2D eigenvalue weighted by molar-refractivity contribution is 8.26. The predicted octanol–water partition coefficient (Wildman–Crippen LogP) is 3.83. The zero-order valence-corrected chi connectivity index (χ0v) is 13.1. The molecule has 0 saturated carbocycles. The fourth-order valence-corrected chi connectivity index (χ4v) is 3.12. The van der Waals surface area contributed by atoms with E-state index < -0.39 is 11.6 Å². The molecule has 0 spiro atoms. The van der Waals surface area contributed by atoms with E-state index in [1.807, 2.05) is 0 Å². The van der Waals surface area contributed by atoms with Crippen LogP contribution in [0.2, 0.25) is 0 Å². The number of aromatic hydroxyl groups is 1. The van der Waals surface area contributed by atoms with Gasteiger partial charge in [-0.3, -0.25) is 4.79 Å². The van der Waals surface area contributed by atoms with Crippen LogP contribution in [0, 0.1) is 11.6 Å². The van der Waals surface area contributed by atoms with Gasteiger partial charge < -0.3 is 10.4 Å². The molecule has 0 aliphatic carbocycles. The SMILES string of the molecule is O=C1NC(=S)SC1=Cc1cc(-c2ccc(F)c(F)c2)ccc1O. The largest absolute Gasteiger partial charge is 0.507 e. The molecule has 116 valence electrons. The predicted molar refractivity (Wildman–Crippen MR) is 89.8 cm³/mol. The Morgan fingerprint density at radius 3 is 2.43 bits per heavy atom. The normalized spacial score (nSPS) is 16.0. The number of hydrogen-bond acceptors (Lipinski definition) is 4. The number of nitrogens with one attached hydrogen (secondary N) is 1. The van der Waals surface area contributed by atoms with E-state index in [4.69, 9.17) is 12.2 Å². The number of hydrogen-bond donors (Lipinski definition) is 2. The first kappa shape index (κ1) is 15.6. The lowest BCUT2D eigenvalue weighted by Crippen LogP contribution is -2.17. The van der Waals surface area contributed by atoms with Gasteiger partial charge in [-0.2, -0.15) is 0 Å². The molecule has 3 rings (SSSR count). The standard InChI is InChI=1S/C16H9F2NO2S2/c17-11-3-1-9(6-12(11)18)8-2-4-13(20)10(5-8)7-14-15(21)19-16(22)23-14/h1-7,20H,(H,19,21,22). The van der Waals surface area contributed by atoms with Crippen molar-refractivity contribution < 1.29 is 18.7 Å². The molecular weight excluding hydrogens is 340 g/mol. The van der Waals surface area contributed by atoms with Crippen LogP contribution in [0.25, 0.3) is 17.2 Å². The van der Waals surface area contributed by atoms with Gasteiger partial charge in [0.2, 0.25) is 0 Å². The number of phenolic OH excluding ortho intramolecular Hbond substituents is 1. The number of phenols is 1. The summed E-state index contributed by atoms with van der Waals surface area (Å²) in [6, 6.07) is 8.15. The first-order valence-electron chi connectivity index (χ1n) is 6.47. The Balaban J connectivity index is 2.02. The van der Waals surface area contributed by atoms with E-state index in [0.717, 1.165) is 23.9 Å². The Morgan fingerprint density at radius 2 is 1.78 bits per heavy atom. The molecule has 0 radical (unpaired) electrons. The summed E-state index contributed by atoms with van der Waals surface area (Å²) in [7, 11) is 0. The summed E-state index contributed by atoms with van der Waals surface area (Å²) in [5, 5.41) is 12.4. The van der Waals surface area contributed by atoms with Crippen molar-refractivity contribution in [2.24, 2.45) is 0 Å². The van der Waals surface area contributed by atoms with E-state index >= 15 is 0 Å². The number of benzene rings is 2. The Hall–Kier alpha value is -2.25. The number of carbonyl (C=O) groups excluding carboxylic acids is 1. The summed E-state index contributed by atoms with van der Waals surface area (Å²) in [5.41, 5.74) is 1.43. The van der Waals surface area contributed by atoms with Crippen molar-refractivity contribution in [1.82, 2.24) is 5.32 Å². The van der Waals surface area contributed by atoms with Crippen LogP contribution in [0.3, 0.4) is 0 Å². The fraction of sp³-hybridized carbons (Fsp3) is 0. The lowest BCUT2D eigenvalue weighted by atomic mass is 10.0. The van der Waals surface area contributed by atoms with Gasteiger partial charge in [-0.25, -0.2) is 8.78 Å². The molecule has 23 heavy (non-hydrogen) atoms. The van der Waals surface area contributed by atoms with Crippen molar-refractivity contribution in [3.8, 4) is 16.9 Å². The topological polar surface area (TPSA) is 49.3 Å². The highest BCUT2D eigenvalue weighted by Crippen LogP contribution is 2.32. The van der Waals surface area contributed by atoms with Gasteiger partial charge in [0.05, 0.1) is 4.91 Å². The van der Waals surface area contributed by atoms with Gasteiger partial charge in [-0.15, -0.1) is 0 Å². The monoisotopic (exact) mass is 349 g/mol. The molecule has 0 bridgehead atoms. The van der Waals surface area contributed by atoms with Gasteiger partial charge in [0.1, 0.15) is 10.1 Å². The van der Waals surface area contributed by atoms with Crippen molar-refractivity contribution in [2.75, 3.05) is 0 Å². The van der Waals surface area contributed by atoms with E-state index in [9.17, 15) is 18.7 Å². The van der Waals surface area contributed by atoms with Crippen molar-refractivity contribution in [3.05, 3.63) is 58.5 Å². The number of rotatable bonds is 2. The Bertz CT molecular complexity index is 865. The van der Waals surface area contributed by atoms with E-state index in [1.54, 1.807) is 12.1 Å². The van der Waals surface area contributed by atoms with Crippen LogP contribution in [0.5, 0.6) is 5.75 Å². The van der Waals surface area contributed by atoms with Gasteiger partial charge in [-0.1, -0.05) is 36.1 Å². The van der Waals surface area contributed by atoms with Gasteiger partial charge >= 0.3 is 0 Å². The second-order valence-corrected chi connectivity index (χ2v) is 6.47. The summed E-state index contributed by atoms with van der Waals surface area (Å²) >= 11 is 6.00. The molecule has 1 saturated heterocycles. The minimum atomic E-state index is -0.952. The Kier molecular flexibility index (Phi) is 4.14. The van der Waals surface area contributed by atoms with Gasteiger partial charge in [0.25, 0.3) is 5.91 Å². The molecule has 0 unspecified atom stereocenters. The molecule has 1 heterocycles. The van der Waals surface area contributed by atoms with Gasteiger partial charge in [-0.05, 0) is 41.5 Å². The molecule has 2 aromatic rings. The third kappa shape index (κ3) is 3.25. The molecule has 0 aromatic heterocycles. The van der Waals surface area contributed by atoms with Crippen LogP contribution >= 0.6 is 24.0 Å². The van der Waals surface area contributed by atoms with Crippen molar-refractivity contribution in [1.29, 1.82) is 0 Å². The van der Waals surface area contributed by atoms with E-state index in [2.05, 4.69) is 5.32 Å². The number of carbonyl (C=O) groups is 1. The lowest BCUT2D eigenvalue weighted by Gasteiger charge is -2.06. The third-order valence-electron chi connectivity index (χ3n) is 3.21. The molecule has 1 fully saturated rings. The Labute approximate surface area is 140 Å². The van der Waals surface area contributed by atoms with Crippen LogP contribution in [0.4, 0.5) is 8.78 Å². The van der Waals surface area contributed by atoms with Crippen LogP contribution < -0.4 is 5.32 Å². The fourth-order valence-electron chi connectivity index (χ4n) is 2.09. The minimum Gasteiger partial charge on any atom is -0.507 e. The maximum Gasteiger partial charge on any atom is 0.263 e. The van der Waals surface area contributed by atoms with Crippen LogP contribution in [-0.2, 0) is 4.79 Å². The lowest BCUT2D eigenvalue weighted by molar-refractivity contribution is -0.115. The maximum absolute atomic E-state index is 13.4. The molecule has 2 N–H and O–H groups in total. The molecule has 3 nitrogen and oxygen atoms in total. The molecular formula is C16H9F2NO2S2. The van der Waals surface area contributed by atoms with Gasteiger partial charge in [0.15, 0.2) is 11.6 Å². The van der Waals surface area contributed by atoms with E-state index in [0.29, 0.717) is 25.9 Å². The second-order valence-electron chi connectivity index (χ2n) is 4.75. The highest BCUT2D eigenvalue weighted by Gasteiger charge is 2.22. The summed E-state index contributed by atoms with van der Waals surface area (Å²) in [4.78, 5) is 12.0. The van der Waals surface area contributed by atoms with E-state index in [-0.39, 0.29) is 11.7 Å². The first-order valence-corrected chi connectivity index (χ1v) is 7.70. The zero-order chi connectivity index (χ0) is 16.6. The number of amides is 1. The van der Waals surface area contributed by atoms with Crippen LogP contribution in [-0.4, -0.2) is 15.3 Å². The summed E-state index contributed by atoms with van der Waals surface area (Å²) < 4.78 is 26.7. The average Bonchev–Trinajstić information content (AvgIpc) is 2.82. The molecule has 1 aliphatic heterocycles. The smallest absolute Gasteiger partial charge is 0.263 e. The third-order valence-corrected chi connectivity index (χ3v) is 4.37. The highest BCUT2D eigenvalue weighted by atomic mass is 32.2. The summed E-state index contributed by atoms with van der Waals surface area (Å²) in [6.45, 7) is 0. The number of thiocarbonyl (C=S) groups is 1. The van der Waals surface area contributed by atoms with Gasteiger partial charge in [0, 0.05) is 5.56 Å². The van der Waals surface area contributed by atoms with E-state index in [1.165, 1.54) is 18.2 Å². The first-order chi connectivity index (χ1) is 10.9. The number of halogens is 2. The minimum absolute atomic E-state index is 0.0324. The summed E-state index contributed by atoms with van der Waals surface area (Å²) in [6.07, 6.45) is 1.50. The zero-order valence-electron chi connectivity index (χ0n) is 11.5. The molecule has 1 amide bonds. The van der Waals surface area contributed by atoms with Crippen LogP contribution in [0.15, 0.2) is 41.3 Å². The average molecular weight is 349 g/mol. The number of thioether (sulfide) groups is 1. The molecule has 2 aromatic carbocycles. The van der Waals surface area contributed by atoms with Crippen molar-refractivity contribution in [3.63, 3.8) is 0 Å². The Morgan fingerprint density at radius 1 is 1.09 bits per heavy atom. The van der Waals surface area contributed by atoms with Crippen LogP contribution in [0.1, 0.15) is 5.56 Å². The van der Waals surface area contributed by atoms with Crippen molar-refractivity contribution >= 4 is 40.3 Å².